The molecule has 34 heteroatoms. The lowest BCUT2D eigenvalue weighted by Crippen LogP contribution is -2.28. The standard InChI is InChI=1S/C23H20Cl2O4S.C22H18ClNO3.C22H16F3NO3.C20H16ClNO5S.C20H16ClNO4S/c1-3-29-23-21(25)12-19(24)13-22(23)30(27,28)14-18-11-17(9-10-20(18)15(2)26)16-7-5-4-6-8-16;1-14-10-17(12-18(23)11-14)21(25)24(2)20-13-16(8-9-19(20)22(26)27)15-6-4-3-5-7-15;1-13-9-16(11-17(10-13)22(23,24)25)20(27)26-19-12-15(7-8-18(19)21(28)29)14-5-3-2-4-6-14;1-27-20(24)17-8-7-14(13-5-3-2-4-6-13)9-15(17)12-28(25,26)18-10-16(21)11-22-19(18)23;1-13(23)18-8-7-15(14-5-3-2-4-6-14)9-16(18)12-27(25,26)19-10-17(21)11-22-20(19)24/h4-13,26H,2-3,14H2,1H3;3-13H,1-2H3,(H,26,27);2-12H,1H3,(H,26,27)(H,28,29);2-11H,12H2,1H3,(H,22,23);2-11,23H,1,12H2,(H,22,24). The van der Waals surface area contributed by atoms with Gasteiger partial charge in [0.25, 0.3) is 22.9 Å². The molecule has 0 saturated carbocycles. The van der Waals surface area contributed by atoms with Crippen LogP contribution < -0.4 is 26.1 Å². The number of amides is 2. The van der Waals surface area contributed by atoms with E-state index in [1.807, 2.05) is 165 Å². The van der Waals surface area contributed by atoms with Crippen LogP contribution in [0.3, 0.4) is 0 Å². The van der Waals surface area contributed by atoms with Gasteiger partial charge in [-0.15, -0.1) is 0 Å². The van der Waals surface area contributed by atoms with Crippen molar-refractivity contribution < 1.29 is 92.3 Å². The first-order valence-corrected chi connectivity index (χ1v) is 49.1. The van der Waals surface area contributed by atoms with Crippen molar-refractivity contribution in [3.05, 3.63) is 447 Å². The quantitative estimate of drug-likeness (QED) is 0.0206. The number of ether oxygens (including phenoxy) is 2. The van der Waals surface area contributed by atoms with Crippen LogP contribution in [0, 0.1) is 13.8 Å². The van der Waals surface area contributed by atoms with Crippen LogP contribution >= 0.6 is 58.0 Å². The summed E-state index contributed by atoms with van der Waals surface area (Å²) in [4.78, 5) is 89.8. The van der Waals surface area contributed by atoms with Gasteiger partial charge in [0.1, 0.15) is 26.2 Å². The molecule has 15 rings (SSSR count). The van der Waals surface area contributed by atoms with Crippen LogP contribution in [0.25, 0.3) is 67.2 Å². The van der Waals surface area contributed by atoms with E-state index in [1.165, 1.54) is 73.8 Å². The van der Waals surface area contributed by atoms with Crippen molar-refractivity contribution in [1.29, 1.82) is 0 Å². The molecule has 7 N–H and O–H groups in total. The number of carboxylic acids is 2. The maximum Gasteiger partial charge on any atom is 0.416 e. The number of H-pyrrole nitrogens is 2. The number of carboxylic acid groups (broad SMARTS) is 2. The van der Waals surface area contributed by atoms with Gasteiger partial charge in [0.15, 0.2) is 35.3 Å². The number of methoxy groups -OCH3 is 1. The molecule has 2 amide bonds. The number of sulfone groups is 3. The number of hydrogen-bond acceptors (Lipinski definition) is 17. The summed E-state index contributed by atoms with van der Waals surface area (Å²) in [5.74, 6) is -6.00. The maximum atomic E-state index is 13.3. The first-order valence-electron chi connectivity index (χ1n) is 42.2. The molecule has 0 aliphatic rings. The average Bonchev–Trinajstić information content (AvgIpc) is 0.781. The highest BCUT2D eigenvalue weighted by molar-refractivity contribution is 7.91. The first kappa shape index (κ1) is 107. The summed E-state index contributed by atoms with van der Waals surface area (Å²) in [7, 11) is -9.20. The number of carbonyl (C=O) groups is 5. The fraction of sp³-hybridized carbons (Fsp3) is 0.0935. The number of aliphatic hydroxyl groups is 2. The summed E-state index contributed by atoms with van der Waals surface area (Å²) < 4.78 is 127. The fourth-order valence-corrected chi connectivity index (χ4v) is 20.4. The zero-order chi connectivity index (χ0) is 103. The second kappa shape index (κ2) is 47.2. The molecule has 722 valence electrons. The van der Waals surface area contributed by atoms with Gasteiger partial charge in [-0.25, -0.2) is 39.6 Å². The van der Waals surface area contributed by atoms with Crippen LogP contribution in [-0.4, -0.2) is 106 Å². The Morgan fingerprint density at radius 1 is 0.411 bits per heavy atom. The number of carbonyl (C=O) groups excluding carboxylic acids is 3. The van der Waals surface area contributed by atoms with Crippen molar-refractivity contribution in [2.45, 2.75) is 58.9 Å². The first-order chi connectivity index (χ1) is 66.8. The number of nitrogens with one attached hydrogen (secondary N) is 3. The molecule has 0 bridgehead atoms. The Bertz CT molecular complexity index is 7740. The molecule has 0 radical (unpaired) electrons. The van der Waals surface area contributed by atoms with E-state index in [0.29, 0.717) is 44.1 Å². The lowest BCUT2D eigenvalue weighted by atomic mass is 9.99. The number of aromatic amines is 2. The van der Waals surface area contributed by atoms with Gasteiger partial charge < -0.3 is 50.1 Å². The largest absolute Gasteiger partial charge is 0.508 e. The zero-order valence-electron chi connectivity index (χ0n) is 75.4. The monoisotopic (exact) mass is 2060 g/mol. The molecule has 13 aromatic carbocycles. The van der Waals surface area contributed by atoms with Gasteiger partial charge in [-0.2, -0.15) is 13.2 Å². The average molecular weight is 2060 g/mol. The van der Waals surface area contributed by atoms with Crippen molar-refractivity contribution in [2.24, 2.45) is 0 Å². The molecule has 0 spiro atoms. The Morgan fingerprint density at radius 2 is 0.766 bits per heavy atom. The van der Waals surface area contributed by atoms with Gasteiger partial charge in [0.2, 0.25) is 0 Å². The predicted molar refractivity (Wildman–Crippen MR) is 545 cm³/mol. The molecule has 0 aliphatic carbocycles. The molecule has 2 heterocycles. The van der Waals surface area contributed by atoms with Crippen molar-refractivity contribution in [3.63, 3.8) is 0 Å². The van der Waals surface area contributed by atoms with Crippen LogP contribution in [0.4, 0.5) is 24.5 Å². The molecule has 0 fully saturated rings. The third-order valence-corrected chi connectivity index (χ3v) is 27.3. The van der Waals surface area contributed by atoms with E-state index in [4.69, 9.17) is 67.5 Å². The molecule has 141 heavy (non-hydrogen) atoms. The van der Waals surface area contributed by atoms with E-state index < -0.39 is 97.5 Å². The highest BCUT2D eigenvalue weighted by Crippen LogP contribution is 2.41. The third-order valence-electron chi connectivity index (χ3n) is 21.2. The molecule has 2 aromatic heterocycles. The number of esters is 1. The van der Waals surface area contributed by atoms with E-state index in [0.717, 1.165) is 79.9 Å². The van der Waals surface area contributed by atoms with Gasteiger partial charge in [0.05, 0.1) is 79.7 Å². The minimum atomic E-state index is -4.60. The van der Waals surface area contributed by atoms with E-state index in [1.54, 1.807) is 92.8 Å². The van der Waals surface area contributed by atoms with Crippen molar-refractivity contribution in [1.82, 2.24) is 9.97 Å². The van der Waals surface area contributed by atoms with Gasteiger partial charge >= 0.3 is 24.1 Å². The number of alkyl halides is 3. The number of aromatic nitrogens is 2. The number of aromatic carboxylic acids is 2. The highest BCUT2D eigenvalue weighted by Gasteiger charge is 2.33. The number of nitrogens with zero attached hydrogens (tertiary/aromatic N) is 1. The SMILES string of the molecule is C=C(O)c1ccc(-c2ccccc2)cc1CS(=O)(=O)c1cc(Cl)c[nH]c1=O.C=C(O)c1ccc(-c2ccccc2)cc1CS(=O)(=O)c1cc(Cl)cc(Cl)c1OCC.COC(=O)c1ccc(-c2ccccc2)cc1CS(=O)(=O)c1cc(Cl)c[nH]c1=O.Cc1cc(C(=O)Nc2cc(-c3ccccc3)ccc2C(=O)O)cc(C(F)(F)F)c1.Cc1cc(Cl)cc(C(=O)N(C)c2cc(-c3ccccc3)ccc2C(=O)O)c1. The number of aliphatic hydroxyl groups excluding tert-OH is 2. The van der Waals surface area contributed by atoms with Gasteiger partial charge in [-0.3, -0.25) is 19.2 Å². The third kappa shape index (κ3) is 28.0. The second-order valence-corrected chi connectivity index (χ2v) is 39.3. The number of anilines is 2. The van der Waals surface area contributed by atoms with Crippen molar-refractivity contribution in [3.8, 4) is 61.4 Å². The number of aryl methyl sites for hydroxylation is 2. The van der Waals surface area contributed by atoms with E-state index >= 15 is 0 Å². The number of halogens is 8. The molecular formula is C107H86Cl5F3N4O19S3. The van der Waals surface area contributed by atoms with E-state index in [9.17, 15) is 92.4 Å². The zero-order valence-corrected chi connectivity index (χ0v) is 81.6. The Labute approximate surface area is 834 Å². The lowest BCUT2D eigenvalue weighted by Gasteiger charge is -2.21. The number of benzene rings is 13. The Morgan fingerprint density at radius 3 is 1.16 bits per heavy atom. The normalized spacial score (nSPS) is 11.1. The molecule has 0 unspecified atom stereocenters. The van der Waals surface area contributed by atoms with Gasteiger partial charge in [-0.1, -0.05) is 265 Å². The van der Waals surface area contributed by atoms with Crippen molar-refractivity contribution in [2.75, 3.05) is 31.0 Å². The van der Waals surface area contributed by atoms with Crippen LogP contribution in [0.1, 0.15) is 103 Å². The molecular weight excluding hydrogens is 1980 g/mol. The predicted octanol–water partition coefficient (Wildman–Crippen LogP) is 25.1. The minimum Gasteiger partial charge on any atom is -0.508 e. The van der Waals surface area contributed by atoms with Gasteiger partial charge in [0, 0.05) is 51.7 Å². The summed E-state index contributed by atoms with van der Waals surface area (Å²) >= 11 is 30.0. The van der Waals surface area contributed by atoms with Gasteiger partial charge in [-0.05, 0) is 213 Å². The van der Waals surface area contributed by atoms with Crippen molar-refractivity contribution >= 4 is 140 Å². The molecule has 0 atom stereocenters. The Balaban J connectivity index is 0.000000169. The smallest absolute Gasteiger partial charge is 0.416 e. The minimum absolute atomic E-state index is 0.00100. The lowest BCUT2D eigenvalue weighted by molar-refractivity contribution is -0.137. The van der Waals surface area contributed by atoms with Crippen LogP contribution in [0.15, 0.2) is 353 Å². The highest BCUT2D eigenvalue weighted by atomic mass is 35.5. The van der Waals surface area contributed by atoms with E-state index in [2.05, 4.69) is 28.4 Å². The van der Waals surface area contributed by atoms with Crippen LogP contribution in [-0.2, 0) is 57.7 Å². The molecule has 23 nitrogen and oxygen atoms in total. The number of pyridine rings is 2. The summed E-state index contributed by atoms with van der Waals surface area (Å²) in [6.07, 6.45) is -2.17. The summed E-state index contributed by atoms with van der Waals surface area (Å²) in [5, 5.41) is 42.2. The fourth-order valence-electron chi connectivity index (χ4n) is 14.6. The van der Waals surface area contributed by atoms with Crippen LogP contribution in [0.5, 0.6) is 5.75 Å². The molecule has 0 saturated heterocycles. The Hall–Kier alpha value is -14.9. The summed E-state index contributed by atoms with van der Waals surface area (Å²) in [6, 6.07) is 84.4. The van der Waals surface area contributed by atoms with E-state index in [-0.39, 0.29) is 99.6 Å². The molecule has 15 aromatic rings. The number of hydrogen-bond donors (Lipinski definition) is 7. The molecule has 0 aliphatic heterocycles. The second-order valence-electron chi connectivity index (χ2n) is 31.3. The van der Waals surface area contributed by atoms with Crippen LogP contribution in [0.2, 0.25) is 25.1 Å². The summed E-state index contributed by atoms with van der Waals surface area (Å²) in [6.45, 7) is 12.3. The Kier molecular flexibility index (Phi) is 35.6. The topological polar surface area (TPSA) is 368 Å². The summed E-state index contributed by atoms with van der Waals surface area (Å²) in [5.41, 5.74) is 9.06. The maximum absolute atomic E-state index is 13.3. The number of rotatable bonds is 25.